The fourth-order valence-electron chi connectivity index (χ4n) is 2.79. The average molecular weight is 400 g/mol. The molecular weight excluding hydrogens is 382 g/mol. The van der Waals surface area contributed by atoms with Crippen LogP contribution in [-0.4, -0.2) is 17.0 Å². The number of aromatic carboxylic acids is 1. The molecule has 0 saturated heterocycles. The van der Waals surface area contributed by atoms with Crippen LogP contribution in [0.4, 0.5) is 5.69 Å². The fraction of sp³-hybridized carbons (Fsp3) is 0.143. The number of anilines is 1. The van der Waals surface area contributed by atoms with Crippen molar-refractivity contribution in [3.63, 3.8) is 0 Å². The molecule has 6 heteroatoms. The topological polar surface area (TPSA) is 66.4 Å². The molecule has 0 saturated carbocycles. The van der Waals surface area contributed by atoms with Gasteiger partial charge in [0.05, 0.1) is 10.6 Å². The van der Waals surface area contributed by atoms with Crippen molar-refractivity contribution < 1.29 is 14.7 Å². The van der Waals surface area contributed by atoms with Crippen molar-refractivity contribution in [2.45, 2.75) is 19.3 Å². The summed E-state index contributed by atoms with van der Waals surface area (Å²) < 4.78 is 0. The normalized spacial score (nSPS) is 10.6. The van der Waals surface area contributed by atoms with Crippen molar-refractivity contribution >= 4 is 40.5 Å². The molecule has 138 valence electrons. The summed E-state index contributed by atoms with van der Waals surface area (Å²) in [7, 11) is 0. The summed E-state index contributed by atoms with van der Waals surface area (Å²) in [6.45, 7) is 0. The van der Waals surface area contributed by atoms with E-state index in [2.05, 4.69) is 5.32 Å². The molecule has 0 aliphatic rings. The van der Waals surface area contributed by atoms with Crippen LogP contribution in [0.15, 0.2) is 60.0 Å². The molecule has 0 unspecified atom stereocenters. The molecule has 2 aromatic carbocycles. The third-order valence-corrected chi connectivity index (χ3v) is 5.38. The van der Waals surface area contributed by atoms with E-state index >= 15 is 0 Å². The van der Waals surface area contributed by atoms with E-state index in [1.807, 2.05) is 30.3 Å². The molecule has 1 amide bonds. The number of carboxylic acids is 1. The van der Waals surface area contributed by atoms with Gasteiger partial charge in [-0.05, 0) is 36.1 Å². The third-order valence-electron chi connectivity index (χ3n) is 4.10. The Bertz CT molecular complexity index is 936. The van der Waals surface area contributed by atoms with E-state index in [0.717, 1.165) is 12.0 Å². The van der Waals surface area contributed by atoms with Gasteiger partial charge in [0.25, 0.3) is 0 Å². The molecule has 3 aromatic rings. The Morgan fingerprint density at radius 1 is 1.04 bits per heavy atom. The van der Waals surface area contributed by atoms with Crippen LogP contribution in [0.25, 0.3) is 10.4 Å². The molecule has 1 aromatic heterocycles. The first kappa shape index (κ1) is 19.1. The number of nitrogens with one attached hydrogen (secondary N) is 1. The number of hydrogen-bond acceptors (Lipinski definition) is 3. The quantitative estimate of drug-likeness (QED) is 0.533. The first-order valence-electron chi connectivity index (χ1n) is 8.49. The van der Waals surface area contributed by atoms with Gasteiger partial charge in [-0.3, -0.25) is 4.79 Å². The highest BCUT2D eigenvalue weighted by atomic mass is 35.5. The van der Waals surface area contributed by atoms with Crippen LogP contribution >= 0.6 is 22.9 Å². The first-order valence-corrected chi connectivity index (χ1v) is 9.75. The molecule has 0 aliphatic heterocycles. The number of halogens is 1. The predicted octanol–water partition coefficient (Wildman–Crippen LogP) is 5.73. The molecule has 0 spiro atoms. The second-order valence-electron chi connectivity index (χ2n) is 6.05. The van der Waals surface area contributed by atoms with Crippen LogP contribution in [0, 0.1) is 0 Å². The minimum Gasteiger partial charge on any atom is -0.478 e. The highest BCUT2D eigenvalue weighted by Gasteiger charge is 2.21. The first-order chi connectivity index (χ1) is 13.0. The SMILES string of the molecule is O=C(CCCc1ccccc1)Nc1csc(-c2ccc(Cl)cc2)c1C(=O)O. The number of rotatable bonds is 7. The molecule has 3 rings (SSSR count). The number of amides is 1. The molecule has 1 heterocycles. The summed E-state index contributed by atoms with van der Waals surface area (Å²) in [5, 5.41) is 14.6. The van der Waals surface area contributed by atoms with Gasteiger partial charge < -0.3 is 10.4 Å². The van der Waals surface area contributed by atoms with E-state index in [0.29, 0.717) is 28.4 Å². The number of carboxylic acid groups (broad SMARTS) is 1. The Labute approximate surface area is 166 Å². The van der Waals surface area contributed by atoms with Gasteiger partial charge in [0.1, 0.15) is 5.56 Å². The van der Waals surface area contributed by atoms with Crippen LogP contribution in [0.5, 0.6) is 0 Å². The summed E-state index contributed by atoms with van der Waals surface area (Å²) in [5.74, 6) is -1.25. The van der Waals surface area contributed by atoms with Crippen molar-refractivity contribution in [2.24, 2.45) is 0 Å². The lowest BCUT2D eigenvalue weighted by Crippen LogP contribution is -2.13. The number of benzene rings is 2. The summed E-state index contributed by atoms with van der Waals surface area (Å²) in [5.41, 5.74) is 2.38. The van der Waals surface area contributed by atoms with Crippen molar-refractivity contribution in [1.82, 2.24) is 0 Å². The minimum atomic E-state index is -1.07. The van der Waals surface area contributed by atoms with Gasteiger partial charge >= 0.3 is 5.97 Å². The smallest absolute Gasteiger partial charge is 0.339 e. The second-order valence-corrected chi connectivity index (χ2v) is 7.37. The average Bonchev–Trinajstić information content (AvgIpc) is 3.07. The maximum Gasteiger partial charge on any atom is 0.339 e. The summed E-state index contributed by atoms with van der Waals surface area (Å²) in [6, 6.07) is 16.9. The van der Waals surface area contributed by atoms with Gasteiger partial charge in [0, 0.05) is 16.8 Å². The van der Waals surface area contributed by atoms with E-state index in [1.54, 1.807) is 29.6 Å². The van der Waals surface area contributed by atoms with Gasteiger partial charge in [-0.1, -0.05) is 54.1 Å². The second kappa shape index (κ2) is 8.84. The van der Waals surface area contributed by atoms with Crippen LogP contribution in [-0.2, 0) is 11.2 Å². The Kier molecular flexibility index (Phi) is 6.27. The monoisotopic (exact) mass is 399 g/mol. The van der Waals surface area contributed by atoms with Crippen LogP contribution in [0.3, 0.4) is 0 Å². The van der Waals surface area contributed by atoms with Gasteiger partial charge in [0.2, 0.25) is 5.91 Å². The van der Waals surface area contributed by atoms with Crippen molar-refractivity contribution in [3.05, 3.63) is 76.1 Å². The van der Waals surface area contributed by atoms with Crippen LogP contribution < -0.4 is 5.32 Å². The van der Waals surface area contributed by atoms with Crippen LogP contribution in [0.1, 0.15) is 28.8 Å². The fourth-order valence-corrected chi connectivity index (χ4v) is 3.91. The molecule has 4 nitrogen and oxygen atoms in total. The molecule has 0 bridgehead atoms. The number of hydrogen-bond donors (Lipinski definition) is 2. The van der Waals surface area contributed by atoms with Crippen LogP contribution in [0.2, 0.25) is 5.02 Å². The number of carbonyl (C=O) groups excluding carboxylic acids is 1. The largest absolute Gasteiger partial charge is 0.478 e. The maximum absolute atomic E-state index is 12.3. The predicted molar refractivity (Wildman–Crippen MR) is 110 cm³/mol. The Morgan fingerprint density at radius 2 is 1.74 bits per heavy atom. The van der Waals surface area contributed by atoms with Crippen molar-refractivity contribution in [1.29, 1.82) is 0 Å². The molecule has 2 N–H and O–H groups in total. The molecule has 0 aliphatic carbocycles. The third kappa shape index (κ3) is 4.96. The van der Waals surface area contributed by atoms with Crippen molar-refractivity contribution in [3.8, 4) is 10.4 Å². The number of carbonyl (C=O) groups is 2. The Hall–Kier alpha value is -2.63. The standard InChI is InChI=1S/C21H18ClNO3S/c22-16-11-9-15(10-12-16)20-19(21(25)26)17(13-27-20)23-18(24)8-4-7-14-5-2-1-3-6-14/h1-3,5-6,9-13H,4,7-8H2,(H,23,24)(H,25,26). The minimum absolute atomic E-state index is 0.110. The van der Waals surface area contributed by atoms with Crippen molar-refractivity contribution in [2.75, 3.05) is 5.32 Å². The molecular formula is C21H18ClNO3S. The van der Waals surface area contributed by atoms with E-state index < -0.39 is 5.97 Å². The molecule has 0 fully saturated rings. The summed E-state index contributed by atoms with van der Waals surface area (Å²) >= 11 is 7.19. The number of aryl methyl sites for hydroxylation is 1. The van der Waals surface area contributed by atoms with Gasteiger partial charge in [-0.15, -0.1) is 11.3 Å². The summed E-state index contributed by atoms with van der Waals surface area (Å²) in [4.78, 5) is 24.6. The number of thiophene rings is 1. The Balaban J connectivity index is 1.68. The zero-order chi connectivity index (χ0) is 19.2. The van der Waals surface area contributed by atoms with Gasteiger partial charge in [-0.2, -0.15) is 0 Å². The lowest BCUT2D eigenvalue weighted by molar-refractivity contribution is -0.116. The van der Waals surface area contributed by atoms with E-state index in [1.165, 1.54) is 16.9 Å². The lowest BCUT2D eigenvalue weighted by Gasteiger charge is -2.07. The van der Waals surface area contributed by atoms with E-state index in [-0.39, 0.29) is 11.5 Å². The molecule has 0 radical (unpaired) electrons. The zero-order valence-electron chi connectivity index (χ0n) is 14.4. The highest BCUT2D eigenvalue weighted by molar-refractivity contribution is 7.14. The van der Waals surface area contributed by atoms with Gasteiger partial charge in [-0.25, -0.2) is 4.79 Å². The Morgan fingerprint density at radius 3 is 2.41 bits per heavy atom. The van der Waals surface area contributed by atoms with Gasteiger partial charge in [0.15, 0.2) is 0 Å². The maximum atomic E-state index is 12.3. The molecule has 0 atom stereocenters. The lowest BCUT2D eigenvalue weighted by atomic mass is 10.1. The summed E-state index contributed by atoms with van der Waals surface area (Å²) in [6.07, 6.45) is 1.84. The highest BCUT2D eigenvalue weighted by Crippen LogP contribution is 2.36. The zero-order valence-corrected chi connectivity index (χ0v) is 16.0. The molecule has 27 heavy (non-hydrogen) atoms. The van der Waals surface area contributed by atoms with E-state index in [4.69, 9.17) is 11.6 Å². The van der Waals surface area contributed by atoms with E-state index in [9.17, 15) is 14.7 Å².